The molecule has 0 aliphatic heterocycles. The largest absolute Gasteiger partial charge is 0.389 e. The molecule has 19 heavy (non-hydrogen) atoms. The van der Waals surface area contributed by atoms with Crippen LogP contribution in [-0.4, -0.2) is 24.0 Å². The first-order valence-electron chi connectivity index (χ1n) is 5.94. The zero-order valence-electron chi connectivity index (χ0n) is 11.0. The fourth-order valence-electron chi connectivity index (χ4n) is 1.90. The van der Waals surface area contributed by atoms with Crippen LogP contribution < -0.4 is 16.4 Å². The Morgan fingerprint density at radius 2 is 2.05 bits per heavy atom. The van der Waals surface area contributed by atoms with Gasteiger partial charge in [-0.05, 0) is 34.0 Å². The van der Waals surface area contributed by atoms with E-state index in [-0.39, 0.29) is 12.5 Å². The van der Waals surface area contributed by atoms with E-state index >= 15 is 0 Å². The second-order valence-corrected chi connectivity index (χ2v) is 6.03. The van der Waals surface area contributed by atoms with Crippen molar-refractivity contribution in [1.82, 2.24) is 0 Å². The summed E-state index contributed by atoms with van der Waals surface area (Å²) in [4.78, 5) is 13.4. The number of carbonyl (C=O) groups excluding carboxylic acids is 1. The van der Waals surface area contributed by atoms with E-state index in [9.17, 15) is 4.79 Å². The molecule has 0 aliphatic carbocycles. The fraction of sp³-hybridized carbons (Fsp3) is 0.385. The van der Waals surface area contributed by atoms with Gasteiger partial charge in [0, 0.05) is 22.3 Å². The molecule has 0 fully saturated rings. The number of primary amides is 1. The lowest BCUT2D eigenvalue weighted by molar-refractivity contribution is -0.116. The van der Waals surface area contributed by atoms with Gasteiger partial charge in [-0.3, -0.25) is 4.79 Å². The minimum atomic E-state index is -0.380. The molecule has 104 valence electrons. The number of halogens is 1. The van der Waals surface area contributed by atoms with Crippen LogP contribution in [-0.2, 0) is 4.79 Å². The minimum Gasteiger partial charge on any atom is -0.389 e. The number of hydrogen-bond donors (Lipinski definition) is 2. The first-order valence-corrected chi connectivity index (χ1v) is 7.14. The molecule has 4 nitrogen and oxygen atoms in total. The Labute approximate surface area is 127 Å². The van der Waals surface area contributed by atoms with E-state index in [0.29, 0.717) is 17.5 Å². The van der Waals surface area contributed by atoms with Crippen molar-refractivity contribution in [2.24, 2.45) is 17.4 Å². The van der Waals surface area contributed by atoms with Gasteiger partial charge >= 0.3 is 0 Å². The lowest BCUT2D eigenvalue weighted by atomic mass is 10.1. The standard InChI is InChI=1S/C13H18BrN3OS/c1-8(2)6-17(7-11(15)18)10-5-3-4-9(14)12(10)13(16)19/h3-5,8H,6-7H2,1-2H3,(H2,15,18)(H2,16,19). The van der Waals surface area contributed by atoms with Crippen LogP contribution in [0.15, 0.2) is 22.7 Å². The highest BCUT2D eigenvalue weighted by atomic mass is 79.9. The molecule has 0 spiro atoms. The van der Waals surface area contributed by atoms with Crippen molar-refractivity contribution >= 4 is 44.7 Å². The summed E-state index contributed by atoms with van der Waals surface area (Å²) in [5, 5.41) is 0. The first kappa shape index (κ1) is 15.9. The van der Waals surface area contributed by atoms with Crippen LogP contribution >= 0.6 is 28.1 Å². The molecule has 1 amide bonds. The van der Waals surface area contributed by atoms with Crippen molar-refractivity contribution in [3.63, 3.8) is 0 Å². The van der Waals surface area contributed by atoms with Gasteiger partial charge in [0.1, 0.15) is 4.99 Å². The predicted octanol–water partition coefficient (Wildman–Crippen LogP) is 2.03. The molecular weight excluding hydrogens is 326 g/mol. The van der Waals surface area contributed by atoms with Gasteiger partial charge in [-0.15, -0.1) is 0 Å². The van der Waals surface area contributed by atoms with Crippen molar-refractivity contribution < 1.29 is 4.79 Å². The van der Waals surface area contributed by atoms with Crippen LogP contribution in [0.4, 0.5) is 5.69 Å². The van der Waals surface area contributed by atoms with Crippen molar-refractivity contribution in [2.45, 2.75) is 13.8 Å². The predicted molar refractivity (Wildman–Crippen MR) is 86.3 cm³/mol. The lowest BCUT2D eigenvalue weighted by Gasteiger charge is -2.27. The van der Waals surface area contributed by atoms with Crippen LogP contribution in [0.1, 0.15) is 19.4 Å². The Kier molecular flexibility index (Phi) is 5.75. The number of benzene rings is 1. The van der Waals surface area contributed by atoms with Gasteiger partial charge in [-0.2, -0.15) is 0 Å². The van der Waals surface area contributed by atoms with Crippen molar-refractivity contribution in [3.8, 4) is 0 Å². The Morgan fingerprint density at radius 1 is 1.42 bits per heavy atom. The third-order valence-electron chi connectivity index (χ3n) is 2.51. The maximum atomic E-state index is 11.2. The van der Waals surface area contributed by atoms with E-state index in [1.54, 1.807) is 0 Å². The molecule has 0 bridgehead atoms. The Hall–Kier alpha value is -1.14. The first-order chi connectivity index (χ1) is 8.82. The number of rotatable bonds is 6. The summed E-state index contributed by atoms with van der Waals surface area (Å²) in [6.45, 7) is 5.00. The third kappa shape index (κ3) is 4.47. The van der Waals surface area contributed by atoms with E-state index in [1.807, 2.05) is 23.1 Å². The summed E-state index contributed by atoms with van der Waals surface area (Å²) in [7, 11) is 0. The van der Waals surface area contributed by atoms with E-state index < -0.39 is 0 Å². The van der Waals surface area contributed by atoms with Crippen LogP contribution in [0.5, 0.6) is 0 Å². The van der Waals surface area contributed by atoms with Crippen molar-refractivity contribution in [2.75, 3.05) is 18.0 Å². The SMILES string of the molecule is CC(C)CN(CC(N)=O)c1cccc(Br)c1C(N)=S. The van der Waals surface area contributed by atoms with E-state index in [0.717, 1.165) is 15.7 Å². The molecule has 0 aromatic heterocycles. The summed E-state index contributed by atoms with van der Waals surface area (Å²) < 4.78 is 0.815. The van der Waals surface area contributed by atoms with E-state index in [1.165, 1.54) is 0 Å². The number of thiocarbonyl (C=S) groups is 1. The van der Waals surface area contributed by atoms with E-state index in [4.69, 9.17) is 23.7 Å². The highest BCUT2D eigenvalue weighted by molar-refractivity contribution is 9.10. The second-order valence-electron chi connectivity index (χ2n) is 4.74. The fourth-order valence-corrected chi connectivity index (χ4v) is 2.81. The van der Waals surface area contributed by atoms with Gasteiger partial charge < -0.3 is 16.4 Å². The number of nitrogens with two attached hydrogens (primary N) is 2. The van der Waals surface area contributed by atoms with Gasteiger partial charge in [0.15, 0.2) is 0 Å². The number of hydrogen-bond acceptors (Lipinski definition) is 3. The molecule has 1 rings (SSSR count). The molecule has 1 aromatic rings. The van der Waals surface area contributed by atoms with Crippen LogP contribution in [0.25, 0.3) is 0 Å². The van der Waals surface area contributed by atoms with Crippen molar-refractivity contribution in [1.29, 1.82) is 0 Å². The molecule has 0 unspecified atom stereocenters. The van der Waals surface area contributed by atoms with Gasteiger partial charge in [0.25, 0.3) is 0 Å². The smallest absolute Gasteiger partial charge is 0.236 e. The molecule has 0 heterocycles. The average Bonchev–Trinajstić information content (AvgIpc) is 2.25. The second kappa shape index (κ2) is 6.86. The summed E-state index contributed by atoms with van der Waals surface area (Å²) in [6.07, 6.45) is 0. The molecular formula is C13H18BrN3OS. The maximum Gasteiger partial charge on any atom is 0.236 e. The zero-order chi connectivity index (χ0) is 14.6. The molecule has 0 radical (unpaired) electrons. The Balaban J connectivity index is 3.24. The highest BCUT2D eigenvalue weighted by Gasteiger charge is 2.18. The maximum absolute atomic E-state index is 11.2. The van der Waals surface area contributed by atoms with Gasteiger partial charge in [0.2, 0.25) is 5.91 Å². The summed E-state index contributed by atoms with van der Waals surface area (Å²) in [6, 6.07) is 5.65. The van der Waals surface area contributed by atoms with Crippen LogP contribution in [0.2, 0.25) is 0 Å². The van der Waals surface area contributed by atoms with Gasteiger partial charge in [-0.1, -0.05) is 32.1 Å². The van der Waals surface area contributed by atoms with Crippen molar-refractivity contribution in [3.05, 3.63) is 28.2 Å². The molecule has 4 N–H and O–H groups in total. The molecule has 0 saturated carbocycles. The van der Waals surface area contributed by atoms with Gasteiger partial charge in [0.05, 0.1) is 6.54 Å². The molecule has 0 saturated heterocycles. The number of amides is 1. The Morgan fingerprint density at radius 3 is 2.53 bits per heavy atom. The highest BCUT2D eigenvalue weighted by Crippen LogP contribution is 2.28. The summed E-state index contributed by atoms with van der Waals surface area (Å²) >= 11 is 8.53. The zero-order valence-corrected chi connectivity index (χ0v) is 13.4. The van der Waals surface area contributed by atoms with Crippen LogP contribution in [0.3, 0.4) is 0 Å². The number of carbonyl (C=O) groups is 1. The van der Waals surface area contributed by atoms with Crippen LogP contribution in [0, 0.1) is 5.92 Å². The number of anilines is 1. The lowest BCUT2D eigenvalue weighted by Crippen LogP contribution is -2.37. The third-order valence-corrected chi connectivity index (χ3v) is 3.38. The van der Waals surface area contributed by atoms with E-state index in [2.05, 4.69) is 29.8 Å². The number of nitrogens with zero attached hydrogens (tertiary/aromatic N) is 1. The molecule has 0 aliphatic rings. The summed E-state index contributed by atoms with van der Waals surface area (Å²) in [5.74, 6) is 0.00652. The minimum absolute atomic E-state index is 0.143. The molecule has 1 aromatic carbocycles. The average molecular weight is 344 g/mol. The monoisotopic (exact) mass is 343 g/mol. The van der Waals surface area contributed by atoms with Gasteiger partial charge in [-0.25, -0.2) is 0 Å². The molecule has 0 atom stereocenters. The topological polar surface area (TPSA) is 72.3 Å². The summed E-state index contributed by atoms with van der Waals surface area (Å²) in [5.41, 5.74) is 12.7. The Bertz CT molecular complexity index is 491. The normalized spacial score (nSPS) is 10.5. The molecule has 6 heteroatoms. The quantitative estimate of drug-likeness (QED) is 0.775.